The highest BCUT2D eigenvalue weighted by atomic mass is 79.9. The first-order valence-corrected chi connectivity index (χ1v) is 7.42. The Bertz CT molecular complexity index is 519. The Hall–Kier alpha value is -1.25. The van der Waals surface area contributed by atoms with Gasteiger partial charge in [-0.25, -0.2) is 0 Å². The maximum atomic E-state index is 11.0. The molecule has 1 N–H and O–H groups in total. The Morgan fingerprint density at radius 3 is 2.75 bits per heavy atom. The van der Waals surface area contributed by atoms with Crippen molar-refractivity contribution in [2.45, 2.75) is 6.04 Å². The lowest BCUT2D eigenvalue weighted by molar-refractivity contribution is -0.384. The molecule has 3 aliphatic heterocycles. The minimum absolute atomic E-state index is 0.00986. The van der Waals surface area contributed by atoms with E-state index in [0.717, 1.165) is 32.7 Å². The van der Waals surface area contributed by atoms with E-state index in [4.69, 9.17) is 0 Å². The SMILES string of the molecule is O=[N+]([O-])c1cncc(Br)c1NC[C@H]1CN2CCN1CC2. The largest absolute Gasteiger partial charge is 0.377 e. The first-order chi connectivity index (χ1) is 9.65. The molecule has 4 heterocycles. The zero-order valence-electron chi connectivity index (χ0n) is 11.0. The monoisotopic (exact) mass is 341 g/mol. The van der Waals surface area contributed by atoms with Gasteiger partial charge in [0.2, 0.25) is 0 Å². The fourth-order valence-corrected chi connectivity index (χ4v) is 3.34. The molecule has 1 aromatic rings. The van der Waals surface area contributed by atoms with Crippen LogP contribution in [0, 0.1) is 10.1 Å². The quantitative estimate of drug-likeness (QED) is 0.654. The average Bonchev–Trinajstić information content (AvgIpc) is 2.47. The second-order valence-corrected chi connectivity index (χ2v) is 6.00. The molecule has 1 atom stereocenters. The van der Waals surface area contributed by atoms with Gasteiger partial charge in [0.05, 0.1) is 9.40 Å². The number of halogens is 1. The molecule has 8 heteroatoms. The number of rotatable bonds is 4. The third-order valence-corrected chi connectivity index (χ3v) is 4.58. The Labute approximate surface area is 125 Å². The third-order valence-electron chi connectivity index (χ3n) is 3.98. The summed E-state index contributed by atoms with van der Waals surface area (Å²) >= 11 is 3.33. The summed E-state index contributed by atoms with van der Waals surface area (Å²) in [6, 6.07) is 0.414. The molecule has 108 valence electrons. The molecule has 0 saturated carbocycles. The van der Waals surface area contributed by atoms with E-state index in [1.54, 1.807) is 6.20 Å². The van der Waals surface area contributed by atoms with E-state index in [2.05, 4.69) is 36.0 Å². The van der Waals surface area contributed by atoms with Crippen LogP contribution < -0.4 is 5.32 Å². The van der Waals surface area contributed by atoms with E-state index in [9.17, 15) is 10.1 Å². The van der Waals surface area contributed by atoms with Crippen molar-refractivity contribution in [3.8, 4) is 0 Å². The van der Waals surface area contributed by atoms with Crippen LogP contribution in [-0.2, 0) is 0 Å². The molecule has 3 saturated heterocycles. The molecule has 20 heavy (non-hydrogen) atoms. The smallest absolute Gasteiger partial charge is 0.311 e. The van der Waals surface area contributed by atoms with E-state index >= 15 is 0 Å². The van der Waals surface area contributed by atoms with Gasteiger partial charge < -0.3 is 5.32 Å². The molecule has 0 radical (unpaired) electrons. The van der Waals surface area contributed by atoms with Crippen LogP contribution in [0.15, 0.2) is 16.9 Å². The molecular weight excluding hydrogens is 326 g/mol. The van der Waals surface area contributed by atoms with Crippen LogP contribution in [-0.4, -0.2) is 65.0 Å². The summed E-state index contributed by atoms with van der Waals surface area (Å²) in [5.74, 6) is 0. The summed E-state index contributed by atoms with van der Waals surface area (Å²) in [4.78, 5) is 19.4. The molecule has 0 aliphatic carbocycles. The topological polar surface area (TPSA) is 74.5 Å². The second kappa shape index (κ2) is 5.63. The lowest BCUT2D eigenvalue weighted by atomic mass is 10.1. The van der Waals surface area contributed by atoms with E-state index in [-0.39, 0.29) is 5.69 Å². The minimum atomic E-state index is -0.406. The number of fused-ring (bicyclic) bond motifs is 3. The number of aromatic nitrogens is 1. The van der Waals surface area contributed by atoms with E-state index < -0.39 is 4.92 Å². The second-order valence-electron chi connectivity index (χ2n) is 5.14. The maximum Gasteiger partial charge on any atom is 0.311 e. The lowest BCUT2D eigenvalue weighted by Gasteiger charge is -2.47. The van der Waals surface area contributed by atoms with Crippen LogP contribution in [0.25, 0.3) is 0 Å². The van der Waals surface area contributed by atoms with Crippen LogP contribution in [0.1, 0.15) is 0 Å². The number of hydrogen-bond acceptors (Lipinski definition) is 6. The van der Waals surface area contributed by atoms with Gasteiger partial charge in [-0.05, 0) is 15.9 Å². The fraction of sp³-hybridized carbons (Fsp3) is 0.583. The van der Waals surface area contributed by atoms with Gasteiger partial charge in [-0.2, -0.15) is 0 Å². The molecule has 0 aromatic carbocycles. The summed E-state index contributed by atoms with van der Waals surface area (Å²) in [5, 5.41) is 14.3. The number of nitrogens with one attached hydrogen (secondary N) is 1. The highest BCUT2D eigenvalue weighted by Gasteiger charge is 2.32. The van der Waals surface area contributed by atoms with E-state index in [0.29, 0.717) is 22.7 Å². The summed E-state index contributed by atoms with van der Waals surface area (Å²) in [6.45, 7) is 6.19. The van der Waals surface area contributed by atoms with Gasteiger partial charge in [-0.1, -0.05) is 0 Å². The molecule has 1 aromatic heterocycles. The standard InChI is InChI=1S/C12H16BrN5O2/c13-10-6-14-7-11(18(19)20)12(10)15-5-9-8-16-1-3-17(9)4-2-16/h6-7,9H,1-5,8H2,(H,14,15)/t9-/m0/s1. The van der Waals surface area contributed by atoms with Crippen molar-refractivity contribution in [2.75, 3.05) is 44.6 Å². The Morgan fingerprint density at radius 1 is 1.40 bits per heavy atom. The summed E-state index contributed by atoms with van der Waals surface area (Å²) in [7, 11) is 0. The van der Waals surface area contributed by atoms with Crippen molar-refractivity contribution in [3.63, 3.8) is 0 Å². The summed E-state index contributed by atoms with van der Waals surface area (Å²) < 4.78 is 0.628. The van der Waals surface area contributed by atoms with Crippen molar-refractivity contribution in [1.29, 1.82) is 0 Å². The summed E-state index contributed by atoms with van der Waals surface area (Å²) in [6.07, 6.45) is 2.86. The first-order valence-electron chi connectivity index (χ1n) is 6.63. The Balaban J connectivity index is 1.71. The number of nitro groups is 1. The van der Waals surface area contributed by atoms with E-state index in [1.807, 2.05) is 0 Å². The predicted octanol–water partition coefficient (Wildman–Crippen LogP) is 1.16. The van der Waals surface area contributed by atoms with Gasteiger partial charge in [0.1, 0.15) is 11.9 Å². The van der Waals surface area contributed by atoms with Crippen molar-refractivity contribution < 1.29 is 4.92 Å². The minimum Gasteiger partial charge on any atom is -0.377 e. The lowest BCUT2D eigenvalue weighted by Crippen LogP contribution is -2.62. The zero-order valence-corrected chi connectivity index (χ0v) is 12.5. The number of anilines is 1. The zero-order chi connectivity index (χ0) is 14.1. The van der Waals surface area contributed by atoms with Gasteiger partial charge in [0, 0.05) is 51.5 Å². The van der Waals surface area contributed by atoms with Gasteiger partial charge in [-0.15, -0.1) is 0 Å². The van der Waals surface area contributed by atoms with Crippen molar-refractivity contribution in [2.24, 2.45) is 0 Å². The van der Waals surface area contributed by atoms with Crippen LogP contribution in [0.4, 0.5) is 11.4 Å². The normalized spacial score (nSPS) is 28.4. The first kappa shape index (κ1) is 13.7. The molecule has 3 fully saturated rings. The molecular formula is C12H16BrN5O2. The van der Waals surface area contributed by atoms with Gasteiger partial charge in [-0.3, -0.25) is 24.9 Å². The highest BCUT2D eigenvalue weighted by Crippen LogP contribution is 2.31. The molecule has 2 bridgehead atoms. The predicted molar refractivity (Wildman–Crippen MR) is 78.9 cm³/mol. The number of nitrogens with zero attached hydrogens (tertiary/aromatic N) is 4. The van der Waals surface area contributed by atoms with Crippen LogP contribution in [0.3, 0.4) is 0 Å². The fourth-order valence-electron chi connectivity index (χ4n) is 2.88. The molecule has 0 amide bonds. The summed E-state index contributed by atoms with van der Waals surface area (Å²) in [5.41, 5.74) is 0.526. The number of hydrogen-bond donors (Lipinski definition) is 1. The van der Waals surface area contributed by atoms with Crippen LogP contribution in [0.2, 0.25) is 0 Å². The van der Waals surface area contributed by atoms with Gasteiger partial charge in [0.25, 0.3) is 0 Å². The highest BCUT2D eigenvalue weighted by molar-refractivity contribution is 9.10. The Morgan fingerprint density at radius 2 is 2.15 bits per heavy atom. The number of piperazine rings is 3. The van der Waals surface area contributed by atoms with Crippen molar-refractivity contribution in [1.82, 2.24) is 14.8 Å². The Kier molecular flexibility index (Phi) is 3.86. The van der Waals surface area contributed by atoms with Crippen molar-refractivity contribution in [3.05, 3.63) is 27.0 Å². The van der Waals surface area contributed by atoms with Crippen molar-refractivity contribution >= 4 is 27.3 Å². The maximum absolute atomic E-state index is 11.0. The average molecular weight is 342 g/mol. The van der Waals surface area contributed by atoms with Gasteiger partial charge >= 0.3 is 5.69 Å². The van der Waals surface area contributed by atoms with Gasteiger partial charge in [0.15, 0.2) is 0 Å². The molecule has 0 unspecified atom stereocenters. The molecule has 0 spiro atoms. The molecule has 4 rings (SSSR count). The molecule has 7 nitrogen and oxygen atoms in total. The third kappa shape index (κ3) is 2.63. The number of pyridine rings is 1. The van der Waals surface area contributed by atoms with Crippen LogP contribution >= 0.6 is 15.9 Å². The molecule has 3 aliphatic rings. The van der Waals surface area contributed by atoms with E-state index in [1.165, 1.54) is 6.20 Å². The van der Waals surface area contributed by atoms with Crippen LogP contribution in [0.5, 0.6) is 0 Å².